The number of hydrogen-bond donors (Lipinski definition) is 5. The van der Waals surface area contributed by atoms with Crippen molar-refractivity contribution in [3.8, 4) is 27.4 Å². The molecular formula is C50H58N10O5S. The Morgan fingerprint density at radius 1 is 0.909 bits per heavy atom. The number of likely N-dealkylation sites (tertiary alicyclic amines) is 1. The number of aliphatic hydroxyl groups is 1. The molecule has 6 aromatic rings. The lowest BCUT2D eigenvalue weighted by molar-refractivity contribution is -0.144. The molecule has 66 heavy (non-hydrogen) atoms. The zero-order chi connectivity index (χ0) is 46.1. The topological polar surface area (TPSA) is 202 Å². The molecule has 344 valence electrons. The van der Waals surface area contributed by atoms with E-state index >= 15 is 0 Å². The molecule has 1 aliphatic carbocycles. The van der Waals surface area contributed by atoms with Crippen LogP contribution in [0.1, 0.15) is 99.9 Å². The van der Waals surface area contributed by atoms with Crippen molar-refractivity contribution in [1.29, 1.82) is 0 Å². The van der Waals surface area contributed by atoms with Crippen molar-refractivity contribution in [1.82, 2.24) is 45.7 Å². The zero-order valence-electron chi connectivity index (χ0n) is 37.9. The number of phenols is 1. The molecule has 4 aromatic heterocycles. The molecule has 15 nitrogen and oxygen atoms in total. The maximum atomic E-state index is 14.3. The minimum atomic E-state index is -0.878. The van der Waals surface area contributed by atoms with Crippen LogP contribution in [-0.4, -0.2) is 101 Å². The molecule has 0 spiro atoms. The summed E-state index contributed by atoms with van der Waals surface area (Å²) in [7, 11) is 0. The van der Waals surface area contributed by atoms with Crippen molar-refractivity contribution in [2.45, 2.75) is 109 Å². The molecule has 3 atom stereocenters. The highest BCUT2D eigenvalue weighted by Gasteiger charge is 2.45. The first-order valence-electron chi connectivity index (χ1n) is 23.1. The number of aromatic hydroxyl groups is 1. The molecule has 1 saturated carbocycles. The van der Waals surface area contributed by atoms with Gasteiger partial charge in [0.2, 0.25) is 23.7 Å². The second-order valence-electron chi connectivity index (χ2n) is 19.3. The number of rotatable bonds is 11. The standard InChI is InChI=1S/C50H58N10O5S/c1-29-43(66-28-55-29)33-11-9-30(10-12-33)23-52-47(64)41-21-36(61)27-60(41)48(65)44(50(2,3)4)56-46(63)34-15-13-31(14-16-34)35-24-53-49(54-25-35)59-19-17-32(18-20-59)39-26-51-45-38(39)22-40(57-58-45)37-7-5-6-8-42(37)62/h5-12,22,24-26,28,31-32,34,36,41,44,61-62H,13-21,23,27H2,1-4H3,(H,51,58)(H,52,64)(H,56,63)/t31-,34+,36-,41+,44-/m1/s1. The number of anilines is 1. The quantitative estimate of drug-likeness (QED) is 0.0895. The highest BCUT2D eigenvalue weighted by atomic mass is 32.1. The fraction of sp³-hybridized carbons (Fsp3) is 0.440. The summed E-state index contributed by atoms with van der Waals surface area (Å²) in [6.45, 7) is 9.64. The first-order chi connectivity index (χ1) is 31.8. The third-order valence-corrected chi connectivity index (χ3v) is 14.8. The number of carbonyl (C=O) groups is 3. The van der Waals surface area contributed by atoms with Gasteiger partial charge in [0, 0.05) is 68.1 Å². The summed E-state index contributed by atoms with van der Waals surface area (Å²) >= 11 is 1.59. The van der Waals surface area contributed by atoms with E-state index in [1.807, 2.05) is 94.3 Å². The number of nitrogens with zero attached hydrogens (tertiary/aromatic N) is 7. The number of nitrogens with one attached hydrogen (secondary N) is 3. The predicted octanol–water partition coefficient (Wildman–Crippen LogP) is 7.02. The minimum absolute atomic E-state index is 0.0249. The van der Waals surface area contributed by atoms with Crippen LogP contribution in [-0.2, 0) is 20.9 Å². The fourth-order valence-electron chi connectivity index (χ4n) is 9.93. The highest BCUT2D eigenvalue weighted by Crippen LogP contribution is 2.39. The lowest BCUT2D eigenvalue weighted by Crippen LogP contribution is -2.58. The van der Waals surface area contributed by atoms with Crippen molar-refractivity contribution in [2.24, 2.45) is 11.3 Å². The van der Waals surface area contributed by atoms with Gasteiger partial charge in [0.25, 0.3) is 0 Å². The van der Waals surface area contributed by atoms with Gasteiger partial charge in [-0.25, -0.2) is 15.0 Å². The second kappa shape index (κ2) is 18.9. The van der Waals surface area contributed by atoms with Gasteiger partial charge in [0.1, 0.15) is 17.8 Å². The third-order valence-electron chi connectivity index (χ3n) is 13.8. The van der Waals surface area contributed by atoms with Gasteiger partial charge in [0.15, 0.2) is 5.65 Å². The van der Waals surface area contributed by atoms with E-state index in [1.165, 1.54) is 10.5 Å². The van der Waals surface area contributed by atoms with Crippen LogP contribution >= 0.6 is 11.3 Å². The molecule has 2 saturated heterocycles. The number of H-pyrrole nitrogens is 1. The van der Waals surface area contributed by atoms with E-state index in [0.29, 0.717) is 36.0 Å². The van der Waals surface area contributed by atoms with Crippen molar-refractivity contribution >= 4 is 46.0 Å². The number of aliphatic hydroxyl groups excluding tert-OH is 1. The van der Waals surface area contributed by atoms with Crippen LogP contribution in [0.2, 0.25) is 0 Å². The summed E-state index contributed by atoms with van der Waals surface area (Å²) in [5, 5.41) is 36.9. The summed E-state index contributed by atoms with van der Waals surface area (Å²) in [5.74, 6) is 0.341. The van der Waals surface area contributed by atoms with Crippen LogP contribution < -0.4 is 15.5 Å². The Morgan fingerprint density at radius 3 is 2.32 bits per heavy atom. The molecule has 3 aliphatic rings. The number of piperidine rings is 1. The van der Waals surface area contributed by atoms with Gasteiger partial charge >= 0.3 is 0 Å². The smallest absolute Gasteiger partial charge is 0.246 e. The first kappa shape index (κ1) is 44.9. The van der Waals surface area contributed by atoms with Crippen LogP contribution in [0.25, 0.3) is 32.7 Å². The number of hydrogen-bond acceptors (Lipinski definition) is 12. The van der Waals surface area contributed by atoms with Crippen LogP contribution in [0.3, 0.4) is 0 Å². The van der Waals surface area contributed by atoms with Gasteiger partial charge in [-0.2, -0.15) is 0 Å². The molecule has 5 N–H and O–H groups in total. The molecule has 3 amide bonds. The number of thiazole rings is 1. The molecule has 3 fully saturated rings. The summed E-state index contributed by atoms with van der Waals surface area (Å²) in [6.07, 6.45) is 9.99. The number of amides is 3. The average Bonchev–Trinajstić information content (AvgIpc) is 4.07. The van der Waals surface area contributed by atoms with E-state index < -0.39 is 23.6 Å². The van der Waals surface area contributed by atoms with E-state index in [0.717, 1.165) is 77.1 Å². The summed E-state index contributed by atoms with van der Waals surface area (Å²) < 4.78 is 0. The Labute approximate surface area is 388 Å². The van der Waals surface area contributed by atoms with Crippen molar-refractivity contribution in [3.63, 3.8) is 0 Å². The van der Waals surface area contributed by atoms with Gasteiger partial charge in [-0.3, -0.25) is 14.4 Å². The van der Waals surface area contributed by atoms with Crippen molar-refractivity contribution < 1.29 is 24.6 Å². The number of para-hydroxylation sites is 1. The van der Waals surface area contributed by atoms with Crippen LogP contribution in [0.15, 0.2) is 78.7 Å². The molecule has 6 heterocycles. The van der Waals surface area contributed by atoms with E-state index in [2.05, 4.69) is 35.7 Å². The predicted molar refractivity (Wildman–Crippen MR) is 254 cm³/mol. The zero-order valence-corrected chi connectivity index (χ0v) is 38.7. The van der Waals surface area contributed by atoms with E-state index in [-0.39, 0.29) is 54.8 Å². The number of aromatic amines is 1. The van der Waals surface area contributed by atoms with Crippen LogP contribution in [0, 0.1) is 18.3 Å². The van der Waals surface area contributed by atoms with E-state index in [1.54, 1.807) is 23.5 Å². The Kier molecular flexibility index (Phi) is 12.9. The van der Waals surface area contributed by atoms with Gasteiger partial charge in [-0.15, -0.1) is 21.5 Å². The first-order valence-corrected chi connectivity index (χ1v) is 23.9. The van der Waals surface area contributed by atoms with Gasteiger partial charge in [-0.05, 0) is 103 Å². The lowest BCUT2D eigenvalue weighted by atomic mass is 9.78. The lowest BCUT2D eigenvalue weighted by Gasteiger charge is -2.37. The number of fused-ring (bicyclic) bond motifs is 1. The van der Waals surface area contributed by atoms with Gasteiger partial charge in [-0.1, -0.05) is 57.2 Å². The van der Waals surface area contributed by atoms with Crippen LogP contribution in [0.5, 0.6) is 5.75 Å². The largest absolute Gasteiger partial charge is 0.507 e. The summed E-state index contributed by atoms with van der Waals surface area (Å²) in [4.78, 5) is 63.8. The Morgan fingerprint density at radius 2 is 1.64 bits per heavy atom. The normalized spacial score (nSPS) is 20.9. The fourth-order valence-corrected chi connectivity index (χ4v) is 10.7. The molecular weight excluding hydrogens is 853 g/mol. The monoisotopic (exact) mass is 910 g/mol. The van der Waals surface area contributed by atoms with E-state index in [9.17, 15) is 24.6 Å². The summed E-state index contributed by atoms with van der Waals surface area (Å²) in [6, 6.07) is 15.4. The number of aryl methyl sites for hydroxylation is 1. The molecule has 0 unspecified atom stereocenters. The number of benzene rings is 2. The Bertz CT molecular complexity index is 2680. The maximum absolute atomic E-state index is 14.3. The molecule has 0 radical (unpaired) electrons. The SMILES string of the molecule is Cc1ncsc1-c1ccc(CNC(=O)[C@@H]2C[C@@H](O)CN2C(=O)[C@@H](NC(=O)[C@H]2CC[C@@H](c3cnc(N4CCC(c5c[nH]c6nnc(-c7ccccc7O)cc56)CC4)nc3)CC2)C(C)(C)C)cc1. The molecule has 2 aliphatic heterocycles. The number of aromatic nitrogens is 6. The average molecular weight is 911 g/mol. The summed E-state index contributed by atoms with van der Waals surface area (Å²) in [5.41, 5.74) is 8.43. The molecule has 2 aromatic carbocycles. The Balaban J connectivity index is 0.762. The molecule has 9 rings (SSSR count). The van der Waals surface area contributed by atoms with Gasteiger partial charge < -0.3 is 35.6 Å². The van der Waals surface area contributed by atoms with Gasteiger partial charge in [0.05, 0.1) is 27.9 Å². The van der Waals surface area contributed by atoms with Crippen LogP contribution in [0.4, 0.5) is 5.95 Å². The molecule has 16 heteroatoms. The third kappa shape index (κ3) is 9.52. The number of phenolic OH excluding ortho intramolecular Hbond substituents is 1. The maximum Gasteiger partial charge on any atom is 0.246 e. The van der Waals surface area contributed by atoms with E-state index in [4.69, 9.17) is 9.97 Å². The second-order valence-corrected chi connectivity index (χ2v) is 20.1. The van der Waals surface area contributed by atoms with Crippen molar-refractivity contribution in [3.05, 3.63) is 101 Å². The Hall–Kier alpha value is -6.26. The molecule has 0 bridgehead atoms. The minimum Gasteiger partial charge on any atom is -0.507 e. The number of carbonyl (C=O) groups excluding carboxylic acids is 3. The number of β-amino-alcohol motifs (C(OH)–C–C–N with tert-alkyl or cyclic N) is 1. The van der Waals surface area contributed by atoms with Crippen molar-refractivity contribution in [2.75, 3.05) is 24.5 Å². The highest BCUT2D eigenvalue weighted by molar-refractivity contribution is 7.13.